The number of benzene rings is 1. The third-order valence-electron chi connectivity index (χ3n) is 2.76. The van der Waals surface area contributed by atoms with Gasteiger partial charge in [-0.05, 0) is 18.1 Å². The molecule has 2 N–H and O–H groups in total. The number of hydrogen-bond donors (Lipinski definition) is 3. The minimum atomic E-state index is -0.603. The number of para-hydroxylation sites is 1. The Morgan fingerprint density at radius 3 is 2.65 bits per heavy atom. The Hall–Kier alpha value is -1.69. The summed E-state index contributed by atoms with van der Waals surface area (Å²) in [6, 6.07) is 7.05. The first-order valence-corrected chi connectivity index (χ1v) is 6.99. The summed E-state index contributed by atoms with van der Waals surface area (Å²) in [4.78, 5) is 22.8. The van der Waals surface area contributed by atoms with Crippen molar-refractivity contribution in [2.75, 3.05) is 19.4 Å². The molecular formula is C14H20N2O3S. The molecule has 1 rings (SSSR count). The summed E-state index contributed by atoms with van der Waals surface area (Å²) < 4.78 is 5.24. The molecule has 0 heterocycles. The lowest BCUT2D eigenvalue weighted by Crippen LogP contribution is -2.47. The molecule has 6 heteroatoms. The summed E-state index contributed by atoms with van der Waals surface area (Å²) in [5.74, 6) is 0.587. The molecule has 0 aliphatic carbocycles. The predicted molar refractivity (Wildman–Crippen MR) is 81.2 cm³/mol. The molecule has 0 aromatic heterocycles. The first kappa shape index (κ1) is 16.4. The Morgan fingerprint density at radius 2 is 2.05 bits per heavy atom. The van der Waals surface area contributed by atoms with Crippen molar-refractivity contribution in [3.8, 4) is 5.75 Å². The highest BCUT2D eigenvalue weighted by Gasteiger charge is 2.16. The zero-order chi connectivity index (χ0) is 15.0. The molecule has 0 radical (unpaired) electrons. The largest absolute Gasteiger partial charge is 0.496 e. The zero-order valence-electron chi connectivity index (χ0n) is 11.7. The number of methoxy groups -OCH3 is 1. The van der Waals surface area contributed by atoms with Gasteiger partial charge in [0, 0.05) is 19.2 Å². The van der Waals surface area contributed by atoms with Gasteiger partial charge in [0.1, 0.15) is 11.8 Å². The van der Waals surface area contributed by atoms with Crippen LogP contribution in [-0.2, 0) is 16.0 Å². The van der Waals surface area contributed by atoms with Gasteiger partial charge in [0.2, 0.25) is 11.8 Å². The highest BCUT2D eigenvalue weighted by atomic mass is 32.1. The number of rotatable bonds is 7. The molecule has 0 aliphatic heterocycles. The van der Waals surface area contributed by atoms with Crippen LogP contribution in [0, 0.1) is 0 Å². The predicted octanol–water partition coefficient (Wildman–Crippen LogP) is 0.788. The molecule has 1 atom stereocenters. The maximum atomic E-state index is 11.8. The molecular weight excluding hydrogens is 276 g/mol. The van der Waals surface area contributed by atoms with Gasteiger partial charge in [-0.25, -0.2) is 0 Å². The summed E-state index contributed by atoms with van der Waals surface area (Å²) in [7, 11) is 1.62. The number of amides is 2. The van der Waals surface area contributed by atoms with Crippen molar-refractivity contribution in [1.29, 1.82) is 0 Å². The van der Waals surface area contributed by atoms with Gasteiger partial charge < -0.3 is 15.4 Å². The Bertz CT molecular complexity index is 465. The second-order valence-electron chi connectivity index (χ2n) is 4.29. The average molecular weight is 296 g/mol. The van der Waals surface area contributed by atoms with Crippen LogP contribution < -0.4 is 15.4 Å². The minimum absolute atomic E-state index is 0.231. The van der Waals surface area contributed by atoms with Gasteiger partial charge in [0.15, 0.2) is 0 Å². The maximum absolute atomic E-state index is 11.8. The molecule has 0 fully saturated rings. The third-order valence-corrected chi connectivity index (χ3v) is 3.13. The van der Waals surface area contributed by atoms with Crippen LogP contribution in [0.15, 0.2) is 24.3 Å². The van der Waals surface area contributed by atoms with Gasteiger partial charge >= 0.3 is 0 Å². The Labute approximate surface area is 124 Å². The molecule has 2 amide bonds. The van der Waals surface area contributed by atoms with Gasteiger partial charge in [0.25, 0.3) is 0 Å². The average Bonchev–Trinajstić information content (AvgIpc) is 2.44. The van der Waals surface area contributed by atoms with E-state index >= 15 is 0 Å². The molecule has 0 saturated carbocycles. The molecule has 110 valence electrons. The van der Waals surface area contributed by atoms with Crippen molar-refractivity contribution in [2.45, 2.75) is 19.4 Å². The SMILES string of the molecule is COc1ccccc1CCNC(=O)C(CS)NC(C)=O. The van der Waals surface area contributed by atoms with E-state index in [1.807, 2.05) is 24.3 Å². The van der Waals surface area contributed by atoms with E-state index in [-0.39, 0.29) is 17.6 Å². The molecule has 0 spiro atoms. The summed E-state index contributed by atoms with van der Waals surface area (Å²) >= 11 is 4.06. The molecule has 20 heavy (non-hydrogen) atoms. The van der Waals surface area contributed by atoms with Crippen molar-refractivity contribution in [2.24, 2.45) is 0 Å². The van der Waals surface area contributed by atoms with Crippen LogP contribution in [-0.4, -0.2) is 37.3 Å². The topological polar surface area (TPSA) is 67.4 Å². The van der Waals surface area contributed by atoms with Crippen LogP contribution in [0.5, 0.6) is 5.75 Å². The fourth-order valence-electron chi connectivity index (χ4n) is 1.79. The fraction of sp³-hybridized carbons (Fsp3) is 0.429. The lowest BCUT2D eigenvalue weighted by molar-refractivity contribution is -0.127. The van der Waals surface area contributed by atoms with E-state index in [0.29, 0.717) is 13.0 Å². The number of carbonyl (C=O) groups is 2. The van der Waals surface area contributed by atoms with E-state index in [1.165, 1.54) is 6.92 Å². The number of carbonyl (C=O) groups excluding carboxylic acids is 2. The standard InChI is InChI=1S/C14H20N2O3S/c1-10(17)16-12(9-20)14(18)15-8-7-11-5-3-4-6-13(11)19-2/h3-6,12,20H,7-9H2,1-2H3,(H,15,18)(H,16,17). The van der Waals surface area contributed by atoms with E-state index in [9.17, 15) is 9.59 Å². The van der Waals surface area contributed by atoms with Crippen LogP contribution in [0.2, 0.25) is 0 Å². The van der Waals surface area contributed by atoms with Crippen molar-refractivity contribution >= 4 is 24.4 Å². The van der Waals surface area contributed by atoms with Crippen molar-refractivity contribution in [3.63, 3.8) is 0 Å². The summed E-state index contributed by atoms with van der Waals surface area (Å²) in [6.45, 7) is 1.85. The molecule has 0 aliphatic rings. The zero-order valence-corrected chi connectivity index (χ0v) is 12.6. The summed E-state index contributed by atoms with van der Waals surface area (Å²) in [6.07, 6.45) is 0.662. The number of ether oxygens (including phenoxy) is 1. The van der Waals surface area contributed by atoms with Crippen molar-refractivity contribution < 1.29 is 14.3 Å². The molecule has 0 saturated heterocycles. The fourth-order valence-corrected chi connectivity index (χ4v) is 2.05. The Balaban J connectivity index is 2.47. The highest BCUT2D eigenvalue weighted by molar-refractivity contribution is 7.80. The van der Waals surface area contributed by atoms with Crippen LogP contribution in [0.4, 0.5) is 0 Å². The van der Waals surface area contributed by atoms with Gasteiger partial charge in [-0.2, -0.15) is 12.6 Å². The number of thiol groups is 1. The summed E-state index contributed by atoms with van der Waals surface area (Å²) in [5, 5.41) is 5.33. The van der Waals surface area contributed by atoms with E-state index in [0.717, 1.165) is 11.3 Å². The normalized spacial score (nSPS) is 11.6. The summed E-state index contributed by atoms with van der Waals surface area (Å²) in [5.41, 5.74) is 1.03. The van der Waals surface area contributed by atoms with Crippen molar-refractivity contribution in [1.82, 2.24) is 10.6 Å². The van der Waals surface area contributed by atoms with Gasteiger partial charge in [-0.3, -0.25) is 9.59 Å². The van der Waals surface area contributed by atoms with E-state index in [4.69, 9.17) is 4.74 Å². The first-order valence-electron chi connectivity index (χ1n) is 6.36. The van der Waals surface area contributed by atoms with Crippen LogP contribution in [0.1, 0.15) is 12.5 Å². The molecule has 1 aromatic carbocycles. The molecule has 1 aromatic rings. The van der Waals surface area contributed by atoms with Gasteiger partial charge in [0.05, 0.1) is 7.11 Å². The first-order chi connectivity index (χ1) is 9.58. The molecule has 5 nitrogen and oxygen atoms in total. The number of hydrogen-bond acceptors (Lipinski definition) is 4. The van der Waals surface area contributed by atoms with E-state index in [1.54, 1.807) is 7.11 Å². The quantitative estimate of drug-likeness (QED) is 0.652. The highest BCUT2D eigenvalue weighted by Crippen LogP contribution is 2.17. The van der Waals surface area contributed by atoms with E-state index in [2.05, 4.69) is 23.3 Å². The van der Waals surface area contributed by atoms with Crippen molar-refractivity contribution in [3.05, 3.63) is 29.8 Å². The molecule has 1 unspecified atom stereocenters. The Morgan fingerprint density at radius 1 is 1.35 bits per heavy atom. The second-order valence-corrected chi connectivity index (χ2v) is 4.65. The van der Waals surface area contributed by atoms with Crippen LogP contribution in [0.3, 0.4) is 0 Å². The minimum Gasteiger partial charge on any atom is -0.496 e. The number of nitrogens with one attached hydrogen (secondary N) is 2. The smallest absolute Gasteiger partial charge is 0.243 e. The maximum Gasteiger partial charge on any atom is 0.243 e. The van der Waals surface area contributed by atoms with Crippen LogP contribution >= 0.6 is 12.6 Å². The van der Waals surface area contributed by atoms with Crippen LogP contribution in [0.25, 0.3) is 0 Å². The van der Waals surface area contributed by atoms with Gasteiger partial charge in [-0.15, -0.1) is 0 Å². The molecule has 0 bridgehead atoms. The second kappa shape index (κ2) is 8.47. The lowest BCUT2D eigenvalue weighted by Gasteiger charge is -2.15. The van der Waals surface area contributed by atoms with E-state index < -0.39 is 6.04 Å². The Kier molecular flexibility index (Phi) is 6.93. The van der Waals surface area contributed by atoms with Gasteiger partial charge in [-0.1, -0.05) is 18.2 Å². The third kappa shape index (κ3) is 5.13. The monoisotopic (exact) mass is 296 g/mol. The lowest BCUT2D eigenvalue weighted by atomic mass is 10.1.